The second-order valence-electron chi connectivity index (χ2n) is 5.19. The highest BCUT2D eigenvalue weighted by Crippen LogP contribution is 2.34. The Bertz CT molecular complexity index is 388. The number of rotatable bonds is 7. The van der Waals surface area contributed by atoms with E-state index in [0.29, 0.717) is 12.6 Å². The van der Waals surface area contributed by atoms with Gasteiger partial charge >= 0.3 is 0 Å². The summed E-state index contributed by atoms with van der Waals surface area (Å²) in [6, 6.07) is 7.40. The molecular weight excluding hydrogens is 246 g/mol. The lowest BCUT2D eigenvalue weighted by Gasteiger charge is -2.31. The maximum absolute atomic E-state index is 12.6. The summed E-state index contributed by atoms with van der Waals surface area (Å²) in [4.78, 5) is 2.43. The van der Waals surface area contributed by atoms with E-state index in [1.165, 1.54) is 25.0 Å². The molecule has 1 saturated carbocycles. The van der Waals surface area contributed by atoms with Gasteiger partial charge < -0.3 is 5.73 Å². The number of alkyl halides is 2. The minimum absolute atomic E-state index is 0.0768. The molecule has 1 aromatic carbocycles. The third-order valence-electron chi connectivity index (χ3n) is 3.69. The van der Waals surface area contributed by atoms with Gasteiger partial charge in [-0.15, -0.1) is 0 Å². The number of nitrogens with two attached hydrogens (primary N) is 1. The van der Waals surface area contributed by atoms with E-state index in [1.807, 2.05) is 0 Å². The summed E-state index contributed by atoms with van der Waals surface area (Å²) < 4.78 is 25.1. The van der Waals surface area contributed by atoms with Gasteiger partial charge in [0.2, 0.25) is 0 Å². The van der Waals surface area contributed by atoms with Crippen molar-refractivity contribution in [3.05, 3.63) is 35.4 Å². The number of benzene rings is 1. The Balaban J connectivity index is 2.15. The van der Waals surface area contributed by atoms with Crippen LogP contribution in [-0.2, 0) is 0 Å². The van der Waals surface area contributed by atoms with Gasteiger partial charge in [0.1, 0.15) is 0 Å². The lowest BCUT2D eigenvalue weighted by molar-refractivity contribution is 0.151. The van der Waals surface area contributed by atoms with Crippen LogP contribution in [0, 0.1) is 0 Å². The fraction of sp³-hybridized carbons (Fsp3) is 0.600. The normalized spacial score (nSPS) is 17.2. The van der Waals surface area contributed by atoms with Gasteiger partial charge in [-0.05, 0) is 31.4 Å². The lowest BCUT2D eigenvalue weighted by atomic mass is 10.0. The molecule has 0 aliphatic heterocycles. The monoisotopic (exact) mass is 268 g/mol. The van der Waals surface area contributed by atoms with Crippen LogP contribution in [0.1, 0.15) is 49.8 Å². The fourth-order valence-electron chi connectivity index (χ4n) is 2.58. The molecule has 0 saturated heterocycles. The Morgan fingerprint density at radius 1 is 1.21 bits per heavy atom. The van der Waals surface area contributed by atoms with Crippen LogP contribution in [0.4, 0.5) is 8.78 Å². The number of nitrogens with zero attached hydrogens (tertiary/aromatic N) is 1. The number of halogens is 2. The van der Waals surface area contributed by atoms with Crippen molar-refractivity contribution in [3.8, 4) is 0 Å². The van der Waals surface area contributed by atoms with Crippen LogP contribution in [0.3, 0.4) is 0 Å². The van der Waals surface area contributed by atoms with Crippen molar-refractivity contribution in [2.75, 3.05) is 13.1 Å². The molecular formula is C15H22F2N2. The molecule has 4 heteroatoms. The fourth-order valence-corrected chi connectivity index (χ4v) is 2.58. The second kappa shape index (κ2) is 6.44. The Hall–Kier alpha value is -1.00. The van der Waals surface area contributed by atoms with Crippen molar-refractivity contribution < 1.29 is 8.78 Å². The SMILES string of the molecule is CCCN(C1CC1)C(CN)c1ccc(C(F)F)cc1. The smallest absolute Gasteiger partial charge is 0.263 e. The van der Waals surface area contributed by atoms with Crippen molar-refractivity contribution in [1.82, 2.24) is 4.90 Å². The maximum Gasteiger partial charge on any atom is 0.263 e. The van der Waals surface area contributed by atoms with Gasteiger partial charge in [0.05, 0.1) is 0 Å². The molecule has 0 bridgehead atoms. The van der Waals surface area contributed by atoms with Crippen LogP contribution >= 0.6 is 0 Å². The standard InChI is InChI=1S/C15H22F2N2/c1-2-9-19(13-7-8-13)14(10-18)11-3-5-12(6-4-11)15(16)17/h3-6,13-15H,2,7-10,18H2,1H3. The van der Waals surface area contributed by atoms with Crippen molar-refractivity contribution in [2.45, 2.75) is 44.7 Å². The van der Waals surface area contributed by atoms with E-state index in [4.69, 9.17) is 5.73 Å². The van der Waals surface area contributed by atoms with E-state index in [1.54, 1.807) is 12.1 Å². The summed E-state index contributed by atoms with van der Waals surface area (Å²) in [5.41, 5.74) is 7.03. The molecule has 2 nitrogen and oxygen atoms in total. The van der Waals surface area contributed by atoms with Crippen molar-refractivity contribution in [1.29, 1.82) is 0 Å². The topological polar surface area (TPSA) is 29.3 Å². The highest BCUT2D eigenvalue weighted by Gasteiger charge is 2.33. The molecule has 1 fully saturated rings. The highest BCUT2D eigenvalue weighted by molar-refractivity contribution is 5.26. The zero-order valence-electron chi connectivity index (χ0n) is 11.4. The van der Waals surface area contributed by atoms with Crippen LogP contribution in [0.5, 0.6) is 0 Å². The summed E-state index contributed by atoms with van der Waals surface area (Å²) in [6.45, 7) is 3.70. The first-order chi connectivity index (χ1) is 9.17. The second-order valence-corrected chi connectivity index (χ2v) is 5.19. The van der Waals surface area contributed by atoms with Gasteiger partial charge in [-0.1, -0.05) is 31.2 Å². The molecule has 2 rings (SSSR count). The van der Waals surface area contributed by atoms with Crippen molar-refractivity contribution in [3.63, 3.8) is 0 Å². The van der Waals surface area contributed by atoms with Crippen molar-refractivity contribution in [2.24, 2.45) is 5.73 Å². The molecule has 0 amide bonds. The third-order valence-corrected chi connectivity index (χ3v) is 3.69. The lowest BCUT2D eigenvalue weighted by Crippen LogP contribution is -2.36. The Labute approximate surface area is 113 Å². The van der Waals surface area contributed by atoms with Crippen LogP contribution < -0.4 is 5.73 Å². The van der Waals surface area contributed by atoms with Crippen LogP contribution in [0.15, 0.2) is 24.3 Å². The molecule has 2 N–H and O–H groups in total. The average Bonchev–Trinajstić information content (AvgIpc) is 3.23. The van der Waals surface area contributed by atoms with Gasteiger partial charge in [0, 0.05) is 24.2 Å². The molecule has 106 valence electrons. The molecule has 1 aliphatic rings. The highest BCUT2D eigenvalue weighted by atomic mass is 19.3. The molecule has 0 radical (unpaired) electrons. The molecule has 1 aromatic rings. The quantitative estimate of drug-likeness (QED) is 0.820. The summed E-state index contributed by atoms with van der Waals surface area (Å²) in [5.74, 6) is 0. The van der Waals surface area contributed by atoms with Crippen LogP contribution in [0.25, 0.3) is 0 Å². The Morgan fingerprint density at radius 2 is 1.79 bits per heavy atom. The van der Waals surface area contributed by atoms with Crippen LogP contribution in [-0.4, -0.2) is 24.0 Å². The van der Waals surface area contributed by atoms with E-state index in [2.05, 4.69) is 11.8 Å². The minimum atomic E-state index is -2.40. The van der Waals surface area contributed by atoms with Gasteiger partial charge in [-0.2, -0.15) is 0 Å². The minimum Gasteiger partial charge on any atom is -0.329 e. The predicted octanol–water partition coefficient (Wildman–Crippen LogP) is 3.50. The molecule has 19 heavy (non-hydrogen) atoms. The zero-order valence-corrected chi connectivity index (χ0v) is 11.4. The summed E-state index contributed by atoms with van der Waals surface area (Å²) in [6.07, 6.45) is 1.14. The third kappa shape index (κ3) is 3.51. The van der Waals surface area contributed by atoms with E-state index in [-0.39, 0.29) is 11.6 Å². The van der Waals surface area contributed by atoms with Gasteiger partial charge in [0.15, 0.2) is 0 Å². The number of hydrogen-bond donors (Lipinski definition) is 1. The van der Waals surface area contributed by atoms with Crippen molar-refractivity contribution >= 4 is 0 Å². The molecule has 0 aromatic heterocycles. The van der Waals surface area contributed by atoms with E-state index in [9.17, 15) is 8.78 Å². The summed E-state index contributed by atoms with van der Waals surface area (Å²) in [5, 5.41) is 0. The molecule has 0 spiro atoms. The first kappa shape index (κ1) is 14.4. The summed E-state index contributed by atoms with van der Waals surface area (Å²) in [7, 11) is 0. The van der Waals surface area contributed by atoms with Gasteiger partial charge in [-0.25, -0.2) is 8.78 Å². The predicted molar refractivity (Wildman–Crippen MR) is 73.2 cm³/mol. The van der Waals surface area contributed by atoms with E-state index in [0.717, 1.165) is 18.5 Å². The summed E-state index contributed by atoms with van der Waals surface area (Å²) >= 11 is 0. The zero-order chi connectivity index (χ0) is 13.8. The first-order valence-corrected chi connectivity index (χ1v) is 7.01. The molecule has 1 aliphatic carbocycles. The number of hydrogen-bond acceptors (Lipinski definition) is 2. The van der Waals surface area contributed by atoms with Gasteiger partial charge in [-0.3, -0.25) is 4.90 Å². The average molecular weight is 268 g/mol. The molecule has 0 heterocycles. The first-order valence-electron chi connectivity index (χ1n) is 7.01. The largest absolute Gasteiger partial charge is 0.329 e. The van der Waals surface area contributed by atoms with E-state index < -0.39 is 6.43 Å². The molecule has 1 atom stereocenters. The Kier molecular flexibility index (Phi) is 4.88. The van der Waals surface area contributed by atoms with Crippen LogP contribution in [0.2, 0.25) is 0 Å². The Morgan fingerprint density at radius 3 is 2.21 bits per heavy atom. The molecule has 1 unspecified atom stereocenters. The van der Waals surface area contributed by atoms with E-state index >= 15 is 0 Å². The van der Waals surface area contributed by atoms with Gasteiger partial charge in [0.25, 0.3) is 6.43 Å². The maximum atomic E-state index is 12.6.